The summed E-state index contributed by atoms with van der Waals surface area (Å²) in [5.74, 6) is 0.241. The average molecular weight is 384 g/mol. The third kappa shape index (κ3) is 4.66. The fraction of sp³-hybridized carbons (Fsp3) is 0.500. The first-order valence-corrected chi connectivity index (χ1v) is 8.38. The zero-order valence-corrected chi connectivity index (χ0v) is 14.6. The molecule has 0 saturated carbocycles. The van der Waals surface area contributed by atoms with E-state index in [1.165, 1.54) is 0 Å². The Bertz CT molecular complexity index is 782. The summed E-state index contributed by atoms with van der Waals surface area (Å²) in [5, 5.41) is 4.49. The molecule has 0 saturated heterocycles. The minimum atomic E-state index is -4.45. The molecular formula is C16H19F3N6O2. The number of hydrogen-bond donors (Lipinski definition) is 1. The highest BCUT2D eigenvalue weighted by Crippen LogP contribution is 2.30. The molecule has 8 nitrogen and oxygen atoms in total. The van der Waals surface area contributed by atoms with E-state index in [0.717, 1.165) is 30.1 Å². The molecule has 11 heteroatoms. The predicted molar refractivity (Wildman–Crippen MR) is 88.5 cm³/mol. The molecule has 0 radical (unpaired) electrons. The number of aromatic nitrogens is 4. The predicted octanol–water partition coefficient (Wildman–Crippen LogP) is 2.48. The lowest BCUT2D eigenvalue weighted by atomic mass is 10.2. The normalized spacial score (nSPS) is 14.9. The van der Waals surface area contributed by atoms with Crippen LogP contribution in [0.2, 0.25) is 0 Å². The van der Waals surface area contributed by atoms with Gasteiger partial charge in [-0.05, 0) is 19.8 Å². The van der Waals surface area contributed by atoms with E-state index in [0.29, 0.717) is 26.1 Å². The summed E-state index contributed by atoms with van der Waals surface area (Å²) in [6.07, 6.45) is -0.586. The minimum Gasteiger partial charge on any atom is -0.447 e. The minimum absolute atomic E-state index is 0.241. The Morgan fingerprint density at radius 1 is 1.33 bits per heavy atom. The quantitative estimate of drug-likeness (QED) is 0.821. The molecule has 0 aromatic carbocycles. The fourth-order valence-corrected chi connectivity index (χ4v) is 2.89. The van der Waals surface area contributed by atoms with Crippen molar-refractivity contribution in [3.63, 3.8) is 0 Å². The molecule has 1 amide bonds. The van der Waals surface area contributed by atoms with Gasteiger partial charge in [0, 0.05) is 37.2 Å². The zero-order chi connectivity index (χ0) is 19.6. The lowest BCUT2D eigenvalue weighted by molar-refractivity contribution is -0.138. The van der Waals surface area contributed by atoms with Gasteiger partial charge in [0.1, 0.15) is 6.10 Å². The van der Waals surface area contributed by atoms with Gasteiger partial charge in [-0.2, -0.15) is 18.3 Å². The number of nitrogens with zero attached hydrogens (tertiary/aromatic N) is 5. The van der Waals surface area contributed by atoms with E-state index in [4.69, 9.17) is 10.5 Å². The molecule has 2 aromatic heterocycles. The summed E-state index contributed by atoms with van der Waals surface area (Å²) in [5.41, 5.74) is 5.93. The van der Waals surface area contributed by atoms with Crippen LogP contribution < -0.4 is 10.6 Å². The Morgan fingerprint density at radius 2 is 2.04 bits per heavy atom. The number of primary amides is 1. The summed E-state index contributed by atoms with van der Waals surface area (Å²) >= 11 is 0. The number of fused-ring (bicyclic) bond motifs is 1. The van der Waals surface area contributed by atoms with Crippen molar-refractivity contribution < 1.29 is 22.7 Å². The third-order valence-electron chi connectivity index (χ3n) is 4.19. The molecule has 3 rings (SSSR count). The maximum atomic E-state index is 12.6. The molecule has 0 spiro atoms. The molecule has 1 aliphatic heterocycles. The van der Waals surface area contributed by atoms with Gasteiger partial charge in [0.15, 0.2) is 0 Å². The highest BCUT2D eigenvalue weighted by Gasteiger charge is 2.32. The molecule has 0 bridgehead atoms. The van der Waals surface area contributed by atoms with E-state index in [1.54, 1.807) is 11.8 Å². The first kappa shape index (κ1) is 18.9. The Balaban J connectivity index is 1.53. The van der Waals surface area contributed by atoms with Crippen LogP contribution in [0.25, 0.3) is 0 Å². The highest BCUT2D eigenvalue weighted by atomic mass is 19.4. The number of carbonyl (C=O) groups is 1. The van der Waals surface area contributed by atoms with Crippen LogP contribution >= 0.6 is 0 Å². The SMILES string of the molecule is CC(CCCn1cc2c(n1)CN(c1ncc(C(F)(F)F)cn1)C2)OC(N)=O. The smallest absolute Gasteiger partial charge is 0.419 e. The molecule has 1 atom stereocenters. The van der Waals surface area contributed by atoms with Gasteiger partial charge in [0.2, 0.25) is 5.95 Å². The van der Waals surface area contributed by atoms with Crippen LogP contribution in [-0.4, -0.2) is 31.9 Å². The van der Waals surface area contributed by atoms with Crippen LogP contribution in [0.1, 0.15) is 36.6 Å². The van der Waals surface area contributed by atoms with Gasteiger partial charge in [0.05, 0.1) is 17.8 Å². The lowest BCUT2D eigenvalue weighted by Gasteiger charge is -2.16. The zero-order valence-electron chi connectivity index (χ0n) is 14.6. The number of alkyl halides is 3. The van der Waals surface area contributed by atoms with E-state index in [-0.39, 0.29) is 12.1 Å². The number of hydrogen-bond acceptors (Lipinski definition) is 6. The first-order valence-electron chi connectivity index (χ1n) is 8.38. The number of rotatable bonds is 6. The van der Waals surface area contributed by atoms with E-state index in [2.05, 4.69) is 15.1 Å². The second-order valence-corrected chi connectivity index (χ2v) is 6.38. The molecule has 2 aromatic rings. The van der Waals surface area contributed by atoms with Gasteiger partial charge >= 0.3 is 12.3 Å². The molecule has 0 aliphatic carbocycles. The molecule has 1 unspecified atom stereocenters. The van der Waals surface area contributed by atoms with Crippen molar-refractivity contribution in [1.82, 2.24) is 19.7 Å². The van der Waals surface area contributed by atoms with Gasteiger partial charge in [-0.3, -0.25) is 4.68 Å². The molecule has 3 heterocycles. The number of carbonyl (C=O) groups excluding carboxylic acids is 1. The highest BCUT2D eigenvalue weighted by molar-refractivity contribution is 5.64. The Kier molecular flexibility index (Phi) is 5.19. The third-order valence-corrected chi connectivity index (χ3v) is 4.19. The van der Waals surface area contributed by atoms with Crippen molar-refractivity contribution in [1.29, 1.82) is 0 Å². The van der Waals surface area contributed by atoms with Gasteiger partial charge in [-0.1, -0.05) is 0 Å². The molecule has 146 valence electrons. The van der Waals surface area contributed by atoms with Crippen LogP contribution in [0, 0.1) is 0 Å². The molecular weight excluding hydrogens is 365 g/mol. The number of amides is 1. The van der Waals surface area contributed by atoms with Crippen molar-refractivity contribution in [3.05, 3.63) is 35.4 Å². The van der Waals surface area contributed by atoms with Crippen LogP contribution in [-0.2, 0) is 30.5 Å². The van der Waals surface area contributed by atoms with Gasteiger partial charge in [-0.25, -0.2) is 14.8 Å². The van der Waals surface area contributed by atoms with Crippen LogP contribution in [0.4, 0.5) is 23.9 Å². The number of nitrogens with two attached hydrogens (primary N) is 1. The summed E-state index contributed by atoms with van der Waals surface area (Å²) in [4.78, 5) is 20.1. The maximum absolute atomic E-state index is 12.6. The monoisotopic (exact) mass is 384 g/mol. The molecule has 0 fully saturated rings. The van der Waals surface area contributed by atoms with E-state index in [1.807, 2.05) is 10.9 Å². The van der Waals surface area contributed by atoms with Gasteiger partial charge in [0.25, 0.3) is 0 Å². The average Bonchev–Trinajstić information content (AvgIpc) is 3.12. The topological polar surface area (TPSA) is 99.2 Å². The second-order valence-electron chi connectivity index (χ2n) is 6.38. The van der Waals surface area contributed by atoms with Crippen LogP contribution in [0.3, 0.4) is 0 Å². The van der Waals surface area contributed by atoms with Crippen LogP contribution in [0.5, 0.6) is 0 Å². The van der Waals surface area contributed by atoms with Gasteiger partial charge in [-0.15, -0.1) is 0 Å². The standard InChI is InChI=1S/C16H19F3N6O2/c1-10(27-14(20)26)3-2-4-25-8-11-7-24(9-13(11)23-25)15-21-5-12(6-22-15)16(17,18)19/h5-6,8,10H,2-4,7,9H2,1H3,(H2,20,26). The number of anilines is 1. The van der Waals surface area contributed by atoms with E-state index < -0.39 is 17.8 Å². The van der Waals surface area contributed by atoms with Gasteiger partial charge < -0.3 is 15.4 Å². The Morgan fingerprint density at radius 3 is 2.63 bits per heavy atom. The van der Waals surface area contributed by atoms with Crippen LogP contribution in [0.15, 0.2) is 18.6 Å². The Labute approximate surface area is 153 Å². The fourth-order valence-electron chi connectivity index (χ4n) is 2.89. The van der Waals surface area contributed by atoms with Crippen molar-refractivity contribution >= 4 is 12.0 Å². The summed E-state index contributed by atoms with van der Waals surface area (Å²) in [6, 6.07) is 0. The summed E-state index contributed by atoms with van der Waals surface area (Å²) < 4.78 is 44.4. The molecule has 1 aliphatic rings. The van der Waals surface area contributed by atoms with E-state index in [9.17, 15) is 18.0 Å². The maximum Gasteiger partial charge on any atom is 0.419 e. The summed E-state index contributed by atoms with van der Waals surface area (Å²) in [7, 11) is 0. The number of ether oxygens (including phenoxy) is 1. The van der Waals surface area contributed by atoms with Crippen molar-refractivity contribution in [2.75, 3.05) is 4.90 Å². The largest absolute Gasteiger partial charge is 0.447 e. The van der Waals surface area contributed by atoms with Crippen molar-refractivity contribution in [3.8, 4) is 0 Å². The number of halogens is 3. The second kappa shape index (κ2) is 7.41. The Hall–Kier alpha value is -2.85. The molecule has 2 N–H and O–H groups in total. The first-order chi connectivity index (χ1) is 12.7. The lowest BCUT2D eigenvalue weighted by Crippen LogP contribution is -2.21. The van der Waals surface area contributed by atoms with E-state index >= 15 is 0 Å². The number of aryl methyl sites for hydroxylation is 1. The molecule has 27 heavy (non-hydrogen) atoms. The van der Waals surface area contributed by atoms with Crippen molar-refractivity contribution in [2.45, 2.75) is 51.7 Å². The van der Waals surface area contributed by atoms with Crippen molar-refractivity contribution in [2.24, 2.45) is 5.73 Å². The summed E-state index contributed by atoms with van der Waals surface area (Å²) in [6.45, 7) is 3.36.